The minimum absolute atomic E-state index is 0.0176. The molecule has 2 aliphatic rings. The normalized spacial score (nSPS) is 20.5. The maximum absolute atomic E-state index is 14.0. The van der Waals surface area contributed by atoms with Crippen molar-refractivity contribution in [3.05, 3.63) is 71.8 Å². The average molecular weight is 692 g/mol. The van der Waals surface area contributed by atoms with E-state index in [1.165, 1.54) is 0 Å². The Kier molecular flexibility index (Phi) is 13.9. The Morgan fingerprint density at radius 3 is 2.26 bits per heavy atom. The molecule has 0 bridgehead atoms. The molecular formula is C37H53N7O6. The number of nitrogens with two attached hydrogens (primary N) is 2. The maximum Gasteiger partial charge on any atom is 0.323 e. The first-order valence-electron chi connectivity index (χ1n) is 17.7. The van der Waals surface area contributed by atoms with Gasteiger partial charge >= 0.3 is 5.97 Å². The van der Waals surface area contributed by atoms with Gasteiger partial charge in [-0.3, -0.25) is 24.0 Å². The molecule has 2 heterocycles. The summed E-state index contributed by atoms with van der Waals surface area (Å²) < 4.78 is 0. The second kappa shape index (κ2) is 18.1. The molecule has 4 amide bonds. The summed E-state index contributed by atoms with van der Waals surface area (Å²) >= 11 is 0. The Morgan fingerprint density at radius 1 is 1.00 bits per heavy atom. The summed E-state index contributed by atoms with van der Waals surface area (Å²) in [7, 11) is 0. The van der Waals surface area contributed by atoms with Gasteiger partial charge in [0.05, 0.1) is 6.54 Å². The average Bonchev–Trinajstić information content (AvgIpc) is 3.38. The van der Waals surface area contributed by atoms with Gasteiger partial charge in [-0.2, -0.15) is 0 Å². The number of carbonyl (C=O) groups is 5. The lowest BCUT2D eigenvalue weighted by molar-refractivity contribution is -0.151. The highest BCUT2D eigenvalue weighted by Gasteiger charge is 2.46. The van der Waals surface area contributed by atoms with Crippen molar-refractivity contribution in [3.8, 4) is 0 Å². The van der Waals surface area contributed by atoms with Crippen molar-refractivity contribution >= 4 is 29.6 Å². The van der Waals surface area contributed by atoms with E-state index in [0.717, 1.165) is 11.1 Å². The Labute approximate surface area is 294 Å². The number of amides is 4. The predicted octanol–water partition coefficient (Wildman–Crippen LogP) is 1.11. The van der Waals surface area contributed by atoms with Gasteiger partial charge in [-0.25, -0.2) is 0 Å². The van der Waals surface area contributed by atoms with Crippen molar-refractivity contribution in [3.63, 3.8) is 0 Å². The second-order valence-corrected chi connectivity index (χ2v) is 13.7. The number of carboxylic acids is 1. The van der Waals surface area contributed by atoms with E-state index in [0.29, 0.717) is 38.8 Å². The lowest BCUT2D eigenvalue weighted by atomic mass is 9.88. The highest BCUT2D eigenvalue weighted by Crippen LogP contribution is 2.28. The fraction of sp³-hybridized carbons (Fsp3) is 0.541. The van der Waals surface area contributed by atoms with E-state index in [-0.39, 0.29) is 68.6 Å². The number of hydrogen-bond donors (Lipinski definition) is 6. The van der Waals surface area contributed by atoms with E-state index in [9.17, 15) is 29.1 Å². The van der Waals surface area contributed by atoms with Crippen LogP contribution in [0.25, 0.3) is 0 Å². The molecule has 2 unspecified atom stereocenters. The monoisotopic (exact) mass is 691 g/mol. The number of nitrogens with one attached hydrogen (secondary N) is 3. The van der Waals surface area contributed by atoms with E-state index >= 15 is 0 Å². The SMILES string of the molecule is CC1C[C@@H](NC(=O)[C@@H](Cc2ccccc2)NC(=O)CNC[C@H](C)c2ccccc2)C(=O)N1C(CCCCN)C(=O)N1CCC(N)(C(=O)O)CC1. The third kappa shape index (κ3) is 10.1. The van der Waals surface area contributed by atoms with Crippen molar-refractivity contribution in [1.29, 1.82) is 0 Å². The third-order valence-electron chi connectivity index (χ3n) is 9.91. The van der Waals surface area contributed by atoms with Crippen LogP contribution in [0.3, 0.4) is 0 Å². The van der Waals surface area contributed by atoms with Crippen LogP contribution in [0.5, 0.6) is 0 Å². The Morgan fingerprint density at radius 2 is 1.64 bits per heavy atom. The largest absolute Gasteiger partial charge is 0.480 e. The molecule has 0 aliphatic carbocycles. The van der Waals surface area contributed by atoms with Gasteiger partial charge in [0.2, 0.25) is 23.6 Å². The number of aliphatic carboxylic acids is 1. The molecule has 13 nitrogen and oxygen atoms in total. The van der Waals surface area contributed by atoms with Crippen LogP contribution in [-0.2, 0) is 30.4 Å². The maximum atomic E-state index is 14.0. The van der Waals surface area contributed by atoms with Crippen molar-refractivity contribution in [2.75, 3.05) is 32.7 Å². The molecule has 0 spiro atoms. The van der Waals surface area contributed by atoms with Crippen molar-refractivity contribution in [1.82, 2.24) is 25.8 Å². The first-order chi connectivity index (χ1) is 23.9. The highest BCUT2D eigenvalue weighted by molar-refractivity contribution is 5.96. The van der Waals surface area contributed by atoms with Crippen molar-refractivity contribution in [2.45, 2.75) is 94.4 Å². The van der Waals surface area contributed by atoms with Gasteiger partial charge in [0.25, 0.3) is 0 Å². The minimum atomic E-state index is -1.39. The molecule has 0 aromatic heterocycles. The Balaban J connectivity index is 1.42. The zero-order valence-corrected chi connectivity index (χ0v) is 29.2. The van der Waals surface area contributed by atoms with Crippen LogP contribution >= 0.6 is 0 Å². The Bertz CT molecular complexity index is 1450. The summed E-state index contributed by atoms with van der Waals surface area (Å²) in [6.07, 6.45) is 2.43. The summed E-state index contributed by atoms with van der Waals surface area (Å²) in [6, 6.07) is 16.4. The van der Waals surface area contributed by atoms with Gasteiger partial charge < -0.3 is 42.3 Å². The number of carbonyl (C=O) groups excluding carboxylic acids is 4. The number of nitrogens with zero attached hydrogens (tertiary/aromatic N) is 2. The quantitative estimate of drug-likeness (QED) is 0.132. The molecule has 2 saturated heterocycles. The molecule has 2 aromatic carbocycles. The fourth-order valence-corrected chi connectivity index (χ4v) is 6.83. The molecule has 0 radical (unpaired) electrons. The second-order valence-electron chi connectivity index (χ2n) is 13.7. The fourth-order valence-electron chi connectivity index (χ4n) is 6.83. The number of likely N-dealkylation sites (tertiary alicyclic amines) is 2. The molecule has 2 fully saturated rings. The molecule has 2 aromatic rings. The lowest BCUT2D eigenvalue weighted by Crippen LogP contribution is -2.60. The van der Waals surface area contributed by atoms with E-state index in [1.54, 1.807) is 9.80 Å². The van der Waals surface area contributed by atoms with Crippen LogP contribution in [0.2, 0.25) is 0 Å². The molecule has 50 heavy (non-hydrogen) atoms. The van der Waals surface area contributed by atoms with Crippen LogP contribution in [0, 0.1) is 0 Å². The highest BCUT2D eigenvalue weighted by atomic mass is 16.4. The molecule has 5 atom stereocenters. The van der Waals surface area contributed by atoms with E-state index < -0.39 is 35.5 Å². The summed E-state index contributed by atoms with van der Waals surface area (Å²) in [5, 5.41) is 18.5. The van der Waals surface area contributed by atoms with E-state index in [4.69, 9.17) is 11.5 Å². The van der Waals surface area contributed by atoms with E-state index in [2.05, 4.69) is 22.9 Å². The van der Waals surface area contributed by atoms with Crippen LogP contribution < -0.4 is 27.4 Å². The zero-order valence-electron chi connectivity index (χ0n) is 29.2. The third-order valence-corrected chi connectivity index (χ3v) is 9.91. The summed E-state index contributed by atoms with van der Waals surface area (Å²) in [6.45, 7) is 5.30. The smallest absolute Gasteiger partial charge is 0.323 e. The molecule has 8 N–H and O–H groups in total. The number of piperidine rings is 1. The number of carboxylic acid groups (broad SMARTS) is 1. The van der Waals surface area contributed by atoms with Crippen LogP contribution in [-0.4, -0.2) is 107 Å². The van der Waals surface area contributed by atoms with Gasteiger partial charge in [-0.15, -0.1) is 0 Å². The van der Waals surface area contributed by atoms with E-state index in [1.807, 2.05) is 67.6 Å². The van der Waals surface area contributed by atoms with Gasteiger partial charge in [0.1, 0.15) is 23.7 Å². The number of hydrogen-bond acceptors (Lipinski definition) is 8. The molecule has 2 aliphatic heterocycles. The van der Waals surface area contributed by atoms with Crippen LogP contribution in [0.1, 0.15) is 69.4 Å². The Hall–Kier alpha value is -4.33. The van der Waals surface area contributed by atoms with Gasteiger partial charge in [0, 0.05) is 32.1 Å². The predicted molar refractivity (Wildman–Crippen MR) is 190 cm³/mol. The number of benzene rings is 2. The number of rotatable bonds is 17. The molecule has 13 heteroatoms. The first kappa shape index (κ1) is 38.5. The number of unbranched alkanes of at least 4 members (excludes halogenated alkanes) is 1. The lowest BCUT2D eigenvalue weighted by Gasteiger charge is -2.40. The minimum Gasteiger partial charge on any atom is -0.480 e. The molecule has 272 valence electrons. The zero-order chi connectivity index (χ0) is 36.3. The molecule has 0 saturated carbocycles. The van der Waals surface area contributed by atoms with Crippen molar-refractivity contribution in [2.24, 2.45) is 11.5 Å². The summed E-state index contributed by atoms with van der Waals surface area (Å²) in [5.74, 6) is -2.36. The van der Waals surface area contributed by atoms with Crippen LogP contribution in [0.15, 0.2) is 60.7 Å². The van der Waals surface area contributed by atoms with Gasteiger partial charge in [-0.05, 0) is 69.0 Å². The topological polar surface area (TPSA) is 200 Å². The van der Waals surface area contributed by atoms with Crippen molar-refractivity contribution < 1.29 is 29.1 Å². The van der Waals surface area contributed by atoms with Gasteiger partial charge in [-0.1, -0.05) is 67.6 Å². The van der Waals surface area contributed by atoms with Gasteiger partial charge in [0.15, 0.2) is 0 Å². The molecular weight excluding hydrogens is 638 g/mol. The summed E-state index contributed by atoms with van der Waals surface area (Å²) in [5.41, 5.74) is 12.4. The first-order valence-corrected chi connectivity index (χ1v) is 17.7. The molecule has 4 rings (SSSR count). The summed E-state index contributed by atoms with van der Waals surface area (Å²) in [4.78, 5) is 69.5. The van der Waals surface area contributed by atoms with Crippen LogP contribution in [0.4, 0.5) is 0 Å². The standard InChI is InChI=1S/C37H53N7O6/c1-25(28-13-7-4-8-14-28)23-40-24-32(45)41-29(22-27-11-5-3-6-12-27)33(46)42-30-21-26(2)44(34(30)47)31(15-9-10-18-38)35(48)43-19-16-37(39,17-20-43)36(49)50/h3-8,11-14,25-26,29-31,40H,9-10,15-24,38-39H2,1-2H3,(H,41,45)(H,42,46)(H,49,50)/t25-,26?,29+,30+,31?/m0/s1.